The molecule has 0 saturated carbocycles. The monoisotopic (exact) mass is 643 g/mol. The third kappa shape index (κ3) is 4.47. The van der Waals surface area contributed by atoms with Crippen molar-refractivity contribution in [1.82, 2.24) is 0 Å². The SMILES string of the molecule is c1ccc(-c2cccc3c2oc2c4ccccc4c(N(c4ccccc4)c4ccc(-c5cccc6c5sc5ccccc56)cc4)cc32)cc1. The fourth-order valence-corrected chi connectivity index (χ4v) is 8.64. The standard InChI is InChI=1S/C46H29NOS/c1-3-13-30(14-4-1)34-20-11-22-39-41-29-42(36-17-7-8-19-38(36)45(41)48-44(34)39)47(32-15-5-2-6-16-32)33-27-25-31(26-28-33)35-21-12-23-40-37-18-9-10-24-43(37)49-46(35)40/h1-29H. The highest BCUT2D eigenvalue weighted by molar-refractivity contribution is 7.26. The summed E-state index contributed by atoms with van der Waals surface area (Å²) in [5.41, 5.74) is 9.87. The summed E-state index contributed by atoms with van der Waals surface area (Å²) < 4.78 is 9.45. The van der Waals surface area contributed by atoms with Gasteiger partial charge in [-0.3, -0.25) is 0 Å². The topological polar surface area (TPSA) is 16.4 Å². The van der Waals surface area contributed by atoms with Crippen LogP contribution in [0.4, 0.5) is 17.1 Å². The third-order valence-corrected chi connectivity index (χ3v) is 10.9. The van der Waals surface area contributed by atoms with Crippen molar-refractivity contribution in [3.63, 3.8) is 0 Å². The second-order valence-electron chi connectivity index (χ2n) is 12.5. The van der Waals surface area contributed by atoms with Gasteiger partial charge in [0.1, 0.15) is 11.2 Å². The van der Waals surface area contributed by atoms with Crippen LogP contribution >= 0.6 is 11.3 Å². The first kappa shape index (κ1) is 27.9. The van der Waals surface area contributed by atoms with Gasteiger partial charge in [0.25, 0.3) is 0 Å². The van der Waals surface area contributed by atoms with Gasteiger partial charge in [-0.05, 0) is 53.1 Å². The number of furan rings is 1. The number of nitrogens with zero attached hydrogens (tertiary/aromatic N) is 1. The highest BCUT2D eigenvalue weighted by Gasteiger charge is 2.21. The molecule has 0 aliphatic heterocycles. The Balaban J connectivity index is 1.18. The van der Waals surface area contributed by atoms with E-state index in [2.05, 4.69) is 181 Å². The molecule has 0 atom stereocenters. The summed E-state index contributed by atoms with van der Waals surface area (Å²) in [4.78, 5) is 2.38. The lowest BCUT2D eigenvalue weighted by molar-refractivity contribution is 0.674. The quantitative estimate of drug-likeness (QED) is 0.186. The van der Waals surface area contributed by atoms with Gasteiger partial charge in [0, 0.05) is 58.7 Å². The molecule has 49 heavy (non-hydrogen) atoms. The van der Waals surface area contributed by atoms with Crippen molar-refractivity contribution in [3.05, 3.63) is 176 Å². The maximum Gasteiger partial charge on any atom is 0.143 e. The molecule has 0 amide bonds. The van der Waals surface area contributed by atoms with E-state index in [9.17, 15) is 0 Å². The summed E-state index contributed by atoms with van der Waals surface area (Å²) in [6, 6.07) is 63.0. The van der Waals surface area contributed by atoms with Crippen molar-refractivity contribution in [2.24, 2.45) is 0 Å². The maximum absolute atomic E-state index is 6.80. The van der Waals surface area contributed by atoms with Gasteiger partial charge >= 0.3 is 0 Å². The summed E-state index contributed by atoms with van der Waals surface area (Å²) in [5, 5.41) is 7.09. The Morgan fingerprint density at radius 1 is 0.388 bits per heavy atom. The van der Waals surface area contributed by atoms with Crippen molar-refractivity contribution in [3.8, 4) is 22.3 Å². The molecule has 0 unspecified atom stereocenters. The Labute approximate surface area is 287 Å². The van der Waals surface area contributed by atoms with Crippen molar-refractivity contribution in [2.45, 2.75) is 0 Å². The zero-order valence-corrected chi connectivity index (χ0v) is 27.3. The van der Waals surface area contributed by atoms with Crippen molar-refractivity contribution < 1.29 is 4.42 Å². The molecule has 10 rings (SSSR count). The van der Waals surface area contributed by atoms with Crippen LogP contribution in [0.5, 0.6) is 0 Å². The van der Waals surface area contributed by atoms with Crippen LogP contribution in [-0.2, 0) is 0 Å². The minimum atomic E-state index is 0.914. The van der Waals surface area contributed by atoms with Crippen molar-refractivity contribution in [1.29, 1.82) is 0 Å². The molecule has 0 aliphatic carbocycles. The van der Waals surface area contributed by atoms with Crippen LogP contribution in [0.15, 0.2) is 180 Å². The second-order valence-corrected chi connectivity index (χ2v) is 13.5. The van der Waals surface area contributed by atoms with E-state index >= 15 is 0 Å². The average molecular weight is 644 g/mol. The van der Waals surface area contributed by atoms with E-state index in [-0.39, 0.29) is 0 Å². The molecule has 0 bridgehead atoms. The first-order chi connectivity index (χ1) is 24.3. The van der Waals surface area contributed by atoms with Gasteiger partial charge in [-0.1, -0.05) is 140 Å². The zero-order chi connectivity index (χ0) is 32.3. The fourth-order valence-electron chi connectivity index (χ4n) is 7.40. The van der Waals surface area contributed by atoms with Crippen LogP contribution in [0.3, 0.4) is 0 Å². The lowest BCUT2D eigenvalue weighted by Crippen LogP contribution is -2.10. The molecule has 0 N–H and O–H groups in total. The summed E-state index contributed by atoms with van der Waals surface area (Å²) in [6.07, 6.45) is 0. The van der Waals surface area contributed by atoms with Gasteiger partial charge in [0.05, 0.1) is 5.69 Å². The van der Waals surface area contributed by atoms with Crippen LogP contribution in [0, 0.1) is 0 Å². The summed E-state index contributed by atoms with van der Waals surface area (Å²) in [6.45, 7) is 0. The van der Waals surface area contributed by atoms with E-state index < -0.39 is 0 Å². The minimum Gasteiger partial charge on any atom is -0.455 e. The van der Waals surface area contributed by atoms with Gasteiger partial charge in [0.15, 0.2) is 0 Å². The maximum atomic E-state index is 6.80. The first-order valence-electron chi connectivity index (χ1n) is 16.6. The summed E-state index contributed by atoms with van der Waals surface area (Å²) >= 11 is 1.87. The predicted octanol–water partition coefficient (Wildman–Crippen LogP) is 13.9. The van der Waals surface area contributed by atoms with E-state index in [4.69, 9.17) is 4.42 Å². The number of rotatable bonds is 5. The van der Waals surface area contributed by atoms with Crippen LogP contribution in [0.2, 0.25) is 0 Å². The molecular weight excluding hydrogens is 615 g/mol. The van der Waals surface area contributed by atoms with E-state index in [1.54, 1.807) is 0 Å². The molecule has 0 aliphatic rings. The molecule has 0 spiro atoms. The molecule has 3 heteroatoms. The normalized spacial score (nSPS) is 11.7. The van der Waals surface area contributed by atoms with E-state index in [1.807, 2.05) is 11.3 Å². The molecule has 230 valence electrons. The smallest absolute Gasteiger partial charge is 0.143 e. The molecule has 2 nitrogen and oxygen atoms in total. The first-order valence-corrected chi connectivity index (χ1v) is 17.4. The lowest BCUT2D eigenvalue weighted by atomic mass is 9.99. The van der Waals surface area contributed by atoms with Crippen molar-refractivity contribution in [2.75, 3.05) is 4.90 Å². The van der Waals surface area contributed by atoms with Gasteiger partial charge in [0.2, 0.25) is 0 Å². The average Bonchev–Trinajstić information content (AvgIpc) is 3.75. The second kappa shape index (κ2) is 11.2. The Morgan fingerprint density at radius 3 is 1.76 bits per heavy atom. The molecule has 0 radical (unpaired) electrons. The number of thiophene rings is 1. The zero-order valence-electron chi connectivity index (χ0n) is 26.5. The van der Waals surface area contributed by atoms with Gasteiger partial charge in [-0.2, -0.15) is 0 Å². The molecule has 0 saturated heterocycles. The number of fused-ring (bicyclic) bond motifs is 8. The number of hydrogen-bond donors (Lipinski definition) is 0. The summed E-state index contributed by atoms with van der Waals surface area (Å²) in [5.74, 6) is 0. The van der Waals surface area contributed by atoms with E-state index in [0.717, 1.165) is 60.9 Å². The van der Waals surface area contributed by atoms with E-state index in [0.29, 0.717) is 0 Å². The molecule has 0 fully saturated rings. The Hall–Kier alpha value is -6.16. The van der Waals surface area contributed by atoms with Gasteiger partial charge in [-0.15, -0.1) is 11.3 Å². The van der Waals surface area contributed by atoms with Crippen LogP contribution in [0.25, 0.3) is 75.1 Å². The molecule has 2 heterocycles. The molecule has 10 aromatic rings. The number of hydrogen-bond acceptors (Lipinski definition) is 3. The van der Waals surface area contributed by atoms with Gasteiger partial charge in [-0.25, -0.2) is 0 Å². The number of para-hydroxylation sites is 2. The van der Waals surface area contributed by atoms with Crippen molar-refractivity contribution >= 4 is 81.3 Å². The van der Waals surface area contributed by atoms with Crippen LogP contribution < -0.4 is 4.90 Å². The Morgan fingerprint density at radius 2 is 0.959 bits per heavy atom. The molecule has 2 aromatic heterocycles. The van der Waals surface area contributed by atoms with Crippen LogP contribution in [-0.4, -0.2) is 0 Å². The van der Waals surface area contributed by atoms with E-state index in [1.165, 1.54) is 31.3 Å². The Bertz CT molecular complexity index is 2810. The molecular formula is C46H29NOS. The highest BCUT2D eigenvalue weighted by atomic mass is 32.1. The number of benzene rings is 8. The lowest BCUT2D eigenvalue weighted by Gasteiger charge is -2.27. The summed E-state index contributed by atoms with van der Waals surface area (Å²) in [7, 11) is 0. The third-order valence-electron chi connectivity index (χ3n) is 9.66. The largest absolute Gasteiger partial charge is 0.455 e. The minimum absolute atomic E-state index is 0.914. The van der Waals surface area contributed by atoms with Crippen LogP contribution in [0.1, 0.15) is 0 Å². The number of anilines is 3. The van der Waals surface area contributed by atoms with Gasteiger partial charge < -0.3 is 9.32 Å². The Kier molecular flexibility index (Phi) is 6.39. The molecule has 8 aromatic carbocycles. The highest BCUT2D eigenvalue weighted by Crippen LogP contribution is 2.46. The fraction of sp³-hybridized carbons (Fsp3) is 0. The predicted molar refractivity (Wildman–Crippen MR) is 210 cm³/mol.